The van der Waals surface area contributed by atoms with Gasteiger partial charge in [-0.15, -0.1) is 0 Å². The van der Waals surface area contributed by atoms with Crippen molar-refractivity contribution < 1.29 is 29.6 Å². The van der Waals surface area contributed by atoms with Gasteiger partial charge in [0.25, 0.3) is 0 Å². The highest BCUT2D eigenvalue weighted by Crippen LogP contribution is 2.57. The summed E-state index contributed by atoms with van der Waals surface area (Å²) in [5.41, 5.74) is -0.917. The van der Waals surface area contributed by atoms with Gasteiger partial charge in [-0.1, -0.05) is 33.6 Å². The summed E-state index contributed by atoms with van der Waals surface area (Å²) in [5, 5.41) is 29.8. The highest BCUT2D eigenvalue weighted by Gasteiger charge is 2.66. The molecule has 0 aromatic heterocycles. The molecule has 2 aliphatic heterocycles. The van der Waals surface area contributed by atoms with Gasteiger partial charge in [-0.05, 0) is 82.5 Å². The summed E-state index contributed by atoms with van der Waals surface area (Å²) >= 11 is 0. The number of hydrogen-bond acceptors (Lipinski definition) is 5. The van der Waals surface area contributed by atoms with E-state index in [1.807, 2.05) is 0 Å². The number of ether oxygens (including phenoxy) is 2. The van der Waals surface area contributed by atoms with Crippen LogP contribution in [0.1, 0.15) is 98.8 Å². The molecule has 3 N–H and O–H groups in total. The van der Waals surface area contributed by atoms with Crippen LogP contribution in [-0.4, -0.2) is 51.0 Å². The maximum Gasteiger partial charge on any atom is 0.309 e. The third-order valence-corrected chi connectivity index (χ3v) is 9.38. The van der Waals surface area contributed by atoms with E-state index in [1.54, 1.807) is 13.8 Å². The van der Waals surface area contributed by atoms with Crippen LogP contribution in [0.3, 0.4) is 0 Å². The minimum atomic E-state index is -0.926. The van der Waals surface area contributed by atoms with Crippen molar-refractivity contribution in [1.82, 2.24) is 0 Å². The molecule has 8 atom stereocenters. The van der Waals surface area contributed by atoms with E-state index in [1.165, 1.54) is 6.42 Å². The zero-order chi connectivity index (χ0) is 23.5. The van der Waals surface area contributed by atoms with Gasteiger partial charge < -0.3 is 24.8 Å². The van der Waals surface area contributed by atoms with E-state index in [9.17, 15) is 20.1 Å². The first kappa shape index (κ1) is 24.4. The standard InChI is InChI=1S/C13H22O4.C13H22O2/c1-7-6-9-11(12(2,3)15)17-13(16-9)8(7)4-5-10(13)14;1-12(2)7-8-13(11(14)15)6-4-3-5-10(13)9-12/h7-11,14-15H,4-6H2,1-3H3;10H,3-9H2,1-2H3,(H,14,15). The molecule has 3 saturated carbocycles. The predicted octanol–water partition coefficient (Wildman–Crippen LogP) is 4.51. The molecule has 2 bridgehead atoms. The number of aliphatic hydroxyl groups excluding tert-OH is 1. The molecule has 1 spiro atoms. The number of rotatable bonds is 2. The number of carboxylic acid groups (broad SMARTS) is 1. The van der Waals surface area contributed by atoms with Crippen LogP contribution >= 0.6 is 0 Å². The molecule has 0 aromatic rings. The fourth-order valence-electron chi connectivity index (χ4n) is 7.56. The molecule has 5 fully saturated rings. The Balaban J connectivity index is 0.000000155. The molecule has 5 rings (SSSR count). The summed E-state index contributed by atoms with van der Waals surface area (Å²) in [5.74, 6) is -0.179. The highest BCUT2D eigenvalue weighted by molar-refractivity contribution is 5.75. The van der Waals surface area contributed by atoms with Crippen molar-refractivity contribution >= 4 is 5.97 Å². The third kappa shape index (κ3) is 4.03. The molecular weight excluding hydrogens is 408 g/mol. The molecule has 0 aromatic carbocycles. The molecule has 6 nitrogen and oxygen atoms in total. The van der Waals surface area contributed by atoms with Crippen molar-refractivity contribution in [1.29, 1.82) is 0 Å². The van der Waals surface area contributed by atoms with Crippen LogP contribution in [0.2, 0.25) is 0 Å². The Hall–Kier alpha value is -0.690. The van der Waals surface area contributed by atoms with Crippen LogP contribution in [0.4, 0.5) is 0 Å². The second kappa shape index (κ2) is 8.21. The fraction of sp³-hybridized carbons (Fsp3) is 0.962. The van der Waals surface area contributed by atoms with E-state index < -0.39 is 23.5 Å². The van der Waals surface area contributed by atoms with E-state index in [0.29, 0.717) is 17.3 Å². The first-order valence-corrected chi connectivity index (χ1v) is 12.8. The van der Waals surface area contributed by atoms with Crippen LogP contribution < -0.4 is 0 Å². The maximum atomic E-state index is 11.5. The Morgan fingerprint density at radius 2 is 1.75 bits per heavy atom. The van der Waals surface area contributed by atoms with Gasteiger partial charge in [-0.2, -0.15) is 0 Å². The van der Waals surface area contributed by atoms with Gasteiger partial charge in [0.15, 0.2) is 5.79 Å². The van der Waals surface area contributed by atoms with Gasteiger partial charge in [0, 0.05) is 5.92 Å². The molecule has 3 aliphatic carbocycles. The SMILES string of the molecule is CC1(C)CCC2(C(=O)O)CCCCC2C1.CC1CC2OC3(OC2C(C)(C)O)C(O)CCC13. The second-order valence-corrected chi connectivity index (χ2v) is 12.8. The van der Waals surface area contributed by atoms with Gasteiger partial charge in [0.2, 0.25) is 0 Å². The zero-order valence-electron chi connectivity index (χ0n) is 20.6. The lowest BCUT2D eigenvalue weighted by Crippen LogP contribution is -2.49. The topological polar surface area (TPSA) is 96.2 Å². The maximum absolute atomic E-state index is 11.5. The molecular formula is C26H44O6. The minimum Gasteiger partial charge on any atom is -0.481 e. The quantitative estimate of drug-likeness (QED) is 0.571. The molecule has 184 valence electrons. The van der Waals surface area contributed by atoms with Gasteiger partial charge in [0.05, 0.1) is 17.1 Å². The third-order valence-electron chi connectivity index (χ3n) is 9.38. The Labute approximate surface area is 193 Å². The Bertz CT molecular complexity index is 714. The molecule has 2 heterocycles. The van der Waals surface area contributed by atoms with Gasteiger partial charge >= 0.3 is 5.97 Å². The number of carboxylic acids is 1. The van der Waals surface area contributed by atoms with E-state index in [4.69, 9.17) is 9.47 Å². The largest absolute Gasteiger partial charge is 0.481 e. The van der Waals surface area contributed by atoms with Crippen LogP contribution in [0.25, 0.3) is 0 Å². The Kier molecular flexibility index (Phi) is 6.27. The lowest BCUT2D eigenvalue weighted by Gasteiger charge is -2.49. The minimum absolute atomic E-state index is 0.0889. The molecule has 6 heteroatoms. The van der Waals surface area contributed by atoms with Crippen molar-refractivity contribution in [2.75, 3.05) is 0 Å². The number of hydrogen-bond donors (Lipinski definition) is 3. The normalized spacial score (nSPS) is 47.1. The van der Waals surface area contributed by atoms with Crippen molar-refractivity contribution in [2.45, 2.75) is 129 Å². The number of aliphatic carboxylic acids is 1. The van der Waals surface area contributed by atoms with Crippen molar-refractivity contribution in [3.05, 3.63) is 0 Å². The Morgan fingerprint density at radius 1 is 1.03 bits per heavy atom. The van der Waals surface area contributed by atoms with Gasteiger partial charge in [-0.25, -0.2) is 0 Å². The second-order valence-electron chi connectivity index (χ2n) is 12.8. The van der Waals surface area contributed by atoms with E-state index >= 15 is 0 Å². The summed E-state index contributed by atoms with van der Waals surface area (Å²) < 4.78 is 12.0. The lowest BCUT2D eigenvalue weighted by atomic mass is 9.54. The van der Waals surface area contributed by atoms with E-state index in [-0.39, 0.29) is 23.5 Å². The number of aliphatic hydroxyl groups is 2. The number of fused-ring (bicyclic) bond motifs is 2. The average Bonchev–Trinajstić information content (AvgIpc) is 3.20. The fourth-order valence-corrected chi connectivity index (χ4v) is 7.56. The van der Waals surface area contributed by atoms with E-state index in [0.717, 1.165) is 57.8 Å². The smallest absolute Gasteiger partial charge is 0.309 e. The summed E-state index contributed by atoms with van der Waals surface area (Å²) in [6.45, 7) is 10.3. The summed E-state index contributed by atoms with van der Waals surface area (Å²) in [4.78, 5) is 11.5. The van der Waals surface area contributed by atoms with Crippen LogP contribution in [-0.2, 0) is 14.3 Å². The van der Waals surface area contributed by atoms with Crippen LogP contribution in [0, 0.1) is 28.6 Å². The van der Waals surface area contributed by atoms with Crippen molar-refractivity contribution in [3.63, 3.8) is 0 Å². The van der Waals surface area contributed by atoms with Gasteiger partial charge in [-0.3, -0.25) is 4.79 Å². The molecule has 8 unspecified atom stereocenters. The average molecular weight is 453 g/mol. The Morgan fingerprint density at radius 3 is 2.41 bits per heavy atom. The summed E-state index contributed by atoms with van der Waals surface area (Å²) in [7, 11) is 0. The molecule has 2 saturated heterocycles. The molecule has 0 radical (unpaired) electrons. The molecule has 0 amide bonds. The lowest BCUT2D eigenvalue weighted by molar-refractivity contribution is -0.269. The zero-order valence-corrected chi connectivity index (χ0v) is 20.6. The molecule has 32 heavy (non-hydrogen) atoms. The van der Waals surface area contributed by atoms with E-state index in [2.05, 4.69) is 20.8 Å². The summed E-state index contributed by atoms with van der Waals surface area (Å²) in [6, 6.07) is 0. The highest BCUT2D eigenvalue weighted by atomic mass is 16.8. The first-order valence-electron chi connectivity index (χ1n) is 12.8. The van der Waals surface area contributed by atoms with Gasteiger partial charge in [0.1, 0.15) is 12.2 Å². The first-order chi connectivity index (χ1) is 14.8. The monoisotopic (exact) mass is 452 g/mol. The predicted molar refractivity (Wildman–Crippen MR) is 121 cm³/mol. The number of carbonyl (C=O) groups is 1. The molecule has 5 aliphatic rings. The van der Waals surface area contributed by atoms with Crippen molar-refractivity contribution in [3.8, 4) is 0 Å². The summed E-state index contributed by atoms with van der Waals surface area (Å²) in [6.07, 6.45) is 9.12. The van der Waals surface area contributed by atoms with Crippen molar-refractivity contribution in [2.24, 2.45) is 28.6 Å². The van der Waals surface area contributed by atoms with Crippen LogP contribution in [0.15, 0.2) is 0 Å². The van der Waals surface area contributed by atoms with Crippen LogP contribution in [0.5, 0.6) is 0 Å².